The lowest BCUT2D eigenvalue weighted by atomic mass is 10.00. The molecule has 23 heavy (non-hydrogen) atoms. The molecular weight excluding hydrogens is 314 g/mol. The third-order valence-electron chi connectivity index (χ3n) is 4.55. The molecule has 2 atom stereocenters. The molecule has 0 radical (unpaired) electrons. The fourth-order valence-electron chi connectivity index (χ4n) is 3.00. The van der Waals surface area contributed by atoms with Gasteiger partial charge in [0.25, 0.3) is 0 Å². The summed E-state index contributed by atoms with van der Waals surface area (Å²) in [6.45, 7) is 0. The second-order valence-electron chi connectivity index (χ2n) is 6.45. The quantitative estimate of drug-likeness (QED) is 0.772. The Balaban J connectivity index is 0.00000192. The first-order chi connectivity index (χ1) is 10.6. The van der Waals surface area contributed by atoms with Gasteiger partial charge in [-0.25, -0.2) is 0 Å². The summed E-state index contributed by atoms with van der Waals surface area (Å²) in [7, 11) is 0. The van der Waals surface area contributed by atoms with E-state index in [-0.39, 0.29) is 36.2 Å². The molecule has 0 aliphatic heterocycles. The van der Waals surface area contributed by atoms with Gasteiger partial charge < -0.3 is 16.4 Å². The van der Waals surface area contributed by atoms with E-state index >= 15 is 0 Å². The zero-order chi connectivity index (χ0) is 15.5. The highest BCUT2D eigenvalue weighted by Gasteiger charge is 2.29. The van der Waals surface area contributed by atoms with Crippen LogP contribution in [0.1, 0.15) is 38.5 Å². The summed E-state index contributed by atoms with van der Waals surface area (Å²) in [5.41, 5.74) is 7.52. The van der Waals surface area contributed by atoms with Crippen LogP contribution >= 0.6 is 12.4 Å². The molecule has 0 bridgehead atoms. The Morgan fingerprint density at radius 3 is 2.13 bits per heavy atom. The molecule has 6 heteroatoms. The number of benzene rings is 1. The standard InChI is InChI=1S/C17H23N3O2.ClH/c18-15-3-1-2-12(15)10-16(21)19-13-6-8-14(9-7-13)20-17(22)11-4-5-11;/h6-9,11-12,15H,1-5,10,18H2,(H,19,21)(H,20,22);1H/t12-,15+;/m0./s1. The van der Waals surface area contributed by atoms with Crippen molar-refractivity contribution in [2.24, 2.45) is 17.6 Å². The first kappa shape index (κ1) is 17.8. The van der Waals surface area contributed by atoms with Crippen molar-refractivity contribution < 1.29 is 9.59 Å². The summed E-state index contributed by atoms with van der Waals surface area (Å²) in [5, 5.41) is 5.78. The van der Waals surface area contributed by atoms with E-state index in [0.717, 1.165) is 43.5 Å². The number of halogens is 1. The fraction of sp³-hybridized carbons (Fsp3) is 0.529. The average Bonchev–Trinajstić information content (AvgIpc) is 3.27. The van der Waals surface area contributed by atoms with Gasteiger partial charge in [0.2, 0.25) is 11.8 Å². The lowest BCUT2D eigenvalue weighted by molar-refractivity contribution is -0.118. The lowest BCUT2D eigenvalue weighted by Crippen LogP contribution is -2.28. The number of nitrogens with two attached hydrogens (primary N) is 1. The monoisotopic (exact) mass is 337 g/mol. The van der Waals surface area contributed by atoms with Gasteiger partial charge in [0, 0.05) is 29.8 Å². The number of carbonyl (C=O) groups is 2. The minimum absolute atomic E-state index is 0. The van der Waals surface area contributed by atoms with Gasteiger partial charge in [-0.05, 0) is 55.9 Å². The second-order valence-corrected chi connectivity index (χ2v) is 6.45. The normalized spacial score (nSPS) is 23.0. The van der Waals surface area contributed by atoms with E-state index in [1.807, 2.05) is 24.3 Å². The van der Waals surface area contributed by atoms with Gasteiger partial charge in [-0.15, -0.1) is 12.4 Å². The first-order valence-corrected chi connectivity index (χ1v) is 8.08. The third kappa shape index (κ3) is 4.94. The van der Waals surface area contributed by atoms with Gasteiger partial charge >= 0.3 is 0 Å². The van der Waals surface area contributed by atoms with E-state index in [2.05, 4.69) is 10.6 Å². The Kier molecular flexibility index (Phi) is 6.02. The molecule has 2 aliphatic rings. The Bertz CT molecular complexity index is 557. The Morgan fingerprint density at radius 2 is 1.61 bits per heavy atom. The molecule has 0 saturated heterocycles. The van der Waals surface area contributed by atoms with E-state index in [9.17, 15) is 9.59 Å². The topological polar surface area (TPSA) is 84.2 Å². The van der Waals surface area contributed by atoms with Crippen molar-refractivity contribution in [3.8, 4) is 0 Å². The molecule has 2 aliphatic carbocycles. The first-order valence-electron chi connectivity index (χ1n) is 8.08. The minimum atomic E-state index is 0. The molecule has 0 heterocycles. The van der Waals surface area contributed by atoms with Gasteiger partial charge in [0.05, 0.1) is 0 Å². The Labute approximate surface area is 142 Å². The third-order valence-corrected chi connectivity index (χ3v) is 4.55. The summed E-state index contributed by atoms with van der Waals surface area (Å²) in [4.78, 5) is 23.7. The van der Waals surface area contributed by atoms with Gasteiger partial charge in [0.1, 0.15) is 0 Å². The van der Waals surface area contributed by atoms with Crippen LogP contribution in [0, 0.1) is 11.8 Å². The van der Waals surface area contributed by atoms with Crippen LogP contribution in [0.2, 0.25) is 0 Å². The van der Waals surface area contributed by atoms with E-state index in [1.54, 1.807) is 0 Å². The predicted octanol–water partition coefficient (Wildman–Crippen LogP) is 2.91. The van der Waals surface area contributed by atoms with Gasteiger partial charge in [-0.2, -0.15) is 0 Å². The average molecular weight is 338 g/mol. The smallest absolute Gasteiger partial charge is 0.227 e. The molecule has 1 aromatic rings. The van der Waals surface area contributed by atoms with Crippen molar-refractivity contribution >= 4 is 35.6 Å². The number of hydrogen-bond acceptors (Lipinski definition) is 3. The molecule has 2 fully saturated rings. The van der Waals surface area contributed by atoms with Crippen molar-refractivity contribution in [2.45, 2.75) is 44.6 Å². The largest absolute Gasteiger partial charge is 0.327 e. The van der Waals surface area contributed by atoms with Crippen LogP contribution in [0.25, 0.3) is 0 Å². The van der Waals surface area contributed by atoms with Crippen molar-refractivity contribution in [3.63, 3.8) is 0 Å². The molecule has 4 N–H and O–H groups in total. The Hall–Kier alpha value is -1.59. The summed E-state index contributed by atoms with van der Waals surface area (Å²) in [6, 6.07) is 7.42. The predicted molar refractivity (Wildman–Crippen MR) is 93.6 cm³/mol. The van der Waals surface area contributed by atoms with Crippen LogP contribution in [0.15, 0.2) is 24.3 Å². The maximum Gasteiger partial charge on any atom is 0.227 e. The maximum atomic E-state index is 12.0. The molecule has 2 saturated carbocycles. The van der Waals surface area contributed by atoms with Crippen LogP contribution in [0.5, 0.6) is 0 Å². The summed E-state index contributed by atoms with van der Waals surface area (Å²) in [5.74, 6) is 0.594. The van der Waals surface area contributed by atoms with E-state index in [4.69, 9.17) is 5.73 Å². The molecule has 126 valence electrons. The molecular formula is C17H24ClN3O2. The van der Waals surface area contributed by atoms with E-state index in [1.165, 1.54) is 0 Å². The van der Waals surface area contributed by atoms with Crippen molar-refractivity contribution in [1.29, 1.82) is 0 Å². The van der Waals surface area contributed by atoms with Crippen molar-refractivity contribution in [2.75, 3.05) is 10.6 Å². The minimum Gasteiger partial charge on any atom is -0.327 e. The van der Waals surface area contributed by atoms with Crippen LogP contribution in [0.3, 0.4) is 0 Å². The van der Waals surface area contributed by atoms with Gasteiger partial charge in [-0.3, -0.25) is 9.59 Å². The van der Waals surface area contributed by atoms with Gasteiger partial charge in [0.15, 0.2) is 0 Å². The highest BCUT2D eigenvalue weighted by atomic mass is 35.5. The number of rotatable bonds is 5. The summed E-state index contributed by atoms with van der Waals surface area (Å²) >= 11 is 0. The lowest BCUT2D eigenvalue weighted by Gasteiger charge is -2.15. The summed E-state index contributed by atoms with van der Waals surface area (Å²) in [6.07, 6.45) is 5.65. The fourth-order valence-corrected chi connectivity index (χ4v) is 3.00. The number of hydrogen-bond donors (Lipinski definition) is 3. The van der Waals surface area contributed by atoms with Crippen molar-refractivity contribution in [3.05, 3.63) is 24.3 Å². The highest BCUT2D eigenvalue weighted by Crippen LogP contribution is 2.30. The Morgan fingerprint density at radius 1 is 1.00 bits per heavy atom. The van der Waals surface area contributed by atoms with Crippen LogP contribution in [-0.2, 0) is 9.59 Å². The second kappa shape index (κ2) is 7.79. The molecule has 0 aromatic heterocycles. The summed E-state index contributed by atoms with van der Waals surface area (Å²) < 4.78 is 0. The SMILES string of the molecule is Cl.N[C@@H]1CCC[C@H]1CC(=O)Nc1ccc(NC(=O)C2CC2)cc1. The molecule has 5 nitrogen and oxygen atoms in total. The number of amides is 2. The number of nitrogens with one attached hydrogen (secondary N) is 2. The zero-order valence-electron chi connectivity index (χ0n) is 13.1. The molecule has 0 unspecified atom stereocenters. The van der Waals surface area contributed by atoms with Gasteiger partial charge in [-0.1, -0.05) is 6.42 Å². The van der Waals surface area contributed by atoms with Crippen LogP contribution in [0.4, 0.5) is 11.4 Å². The van der Waals surface area contributed by atoms with E-state index in [0.29, 0.717) is 12.3 Å². The van der Waals surface area contributed by atoms with Crippen LogP contribution < -0.4 is 16.4 Å². The molecule has 0 spiro atoms. The van der Waals surface area contributed by atoms with E-state index < -0.39 is 0 Å². The molecule has 1 aromatic carbocycles. The maximum absolute atomic E-state index is 12.0. The van der Waals surface area contributed by atoms with Crippen LogP contribution in [-0.4, -0.2) is 17.9 Å². The number of carbonyl (C=O) groups excluding carboxylic acids is 2. The highest BCUT2D eigenvalue weighted by molar-refractivity contribution is 5.95. The molecule has 2 amide bonds. The molecule has 3 rings (SSSR count). The van der Waals surface area contributed by atoms with Crippen molar-refractivity contribution in [1.82, 2.24) is 0 Å². The zero-order valence-corrected chi connectivity index (χ0v) is 13.9. The number of anilines is 2.